The van der Waals surface area contributed by atoms with Crippen molar-refractivity contribution >= 4 is 27.5 Å². The number of hydrogen-bond donors (Lipinski definition) is 1. The molecule has 4 rings (SSSR count). The maximum absolute atomic E-state index is 14.3. The van der Waals surface area contributed by atoms with Crippen molar-refractivity contribution in [2.45, 2.75) is 37.8 Å². The monoisotopic (exact) mass is 587 g/mol. The highest BCUT2D eigenvalue weighted by Crippen LogP contribution is 2.26. The van der Waals surface area contributed by atoms with Crippen molar-refractivity contribution in [2.24, 2.45) is 0 Å². The lowest BCUT2D eigenvalue weighted by molar-refractivity contribution is -0.139. The second-order valence-corrected chi connectivity index (χ2v) is 11.9. The Balaban J connectivity index is 1.79. The molecule has 42 heavy (non-hydrogen) atoms. The number of rotatable bonds is 11. The number of nitrogens with one attached hydrogen (secondary N) is 1. The quantitative estimate of drug-likeness (QED) is 0.267. The number of halogens is 1. The van der Waals surface area contributed by atoms with Crippen molar-refractivity contribution in [1.29, 1.82) is 0 Å². The number of anilines is 1. The van der Waals surface area contributed by atoms with Crippen LogP contribution in [0, 0.1) is 19.7 Å². The van der Waals surface area contributed by atoms with Gasteiger partial charge in [-0.05, 0) is 66.9 Å². The number of amides is 2. The number of nitrogens with zero attached hydrogens (tertiary/aromatic N) is 2. The fraction of sp³-hybridized carbons (Fsp3) is 0.212. The summed E-state index contributed by atoms with van der Waals surface area (Å²) >= 11 is 0. The van der Waals surface area contributed by atoms with Crippen LogP contribution in [-0.4, -0.2) is 44.8 Å². The molecule has 0 fully saturated rings. The van der Waals surface area contributed by atoms with E-state index in [9.17, 15) is 22.4 Å². The Morgan fingerprint density at radius 2 is 1.45 bits per heavy atom. The van der Waals surface area contributed by atoms with Gasteiger partial charge in [-0.25, -0.2) is 12.8 Å². The van der Waals surface area contributed by atoms with Crippen LogP contribution in [0.15, 0.2) is 108 Å². The third-order valence-corrected chi connectivity index (χ3v) is 8.91. The average Bonchev–Trinajstić information content (AvgIpc) is 2.99. The molecule has 1 atom stereocenters. The van der Waals surface area contributed by atoms with Gasteiger partial charge < -0.3 is 10.2 Å². The van der Waals surface area contributed by atoms with Crippen LogP contribution in [0.1, 0.15) is 22.3 Å². The minimum absolute atomic E-state index is 0.0113. The number of benzene rings is 4. The first-order chi connectivity index (χ1) is 20.1. The number of hydrogen-bond acceptors (Lipinski definition) is 4. The molecule has 0 radical (unpaired) electrons. The van der Waals surface area contributed by atoms with Crippen LogP contribution < -0.4 is 9.62 Å². The minimum Gasteiger partial charge on any atom is -0.357 e. The van der Waals surface area contributed by atoms with Crippen molar-refractivity contribution in [1.82, 2.24) is 10.2 Å². The summed E-state index contributed by atoms with van der Waals surface area (Å²) in [7, 11) is -2.74. The van der Waals surface area contributed by atoms with Crippen molar-refractivity contribution in [3.8, 4) is 0 Å². The van der Waals surface area contributed by atoms with Gasteiger partial charge in [0.25, 0.3) is 10.0 Å². The lowest BCUT2D eigenvalue weighted by Crippen LogP contribution is -2.53. The molecule has 0 aliphatic carbocycles. The maximum atomic E-state index is 14.3. The van der Waals surface area contributed by atoms with E-state index in [0.29, 0.717) is 0 Å². The SMILES string of the molecule is CNC(=O)[C@@H](Cc1ccccc1)N(Cc1ccccc1C)C(=O)CN(c1ccc(F)cc1)S(=O)(=O)c1ccc(C)cc1. The van der Waals surface area contributed by atoms with Gasteiger partial charge in [0.15, 0.2) is 0 Å². The van der Waals surface area contributed by atoms with Gasteiger partial charge in [-0.15, -0.1) is 0 Å². The summed E-state index contributed by atoms with van der Waals surface area (Å²) in [6, 6.07) is 27.1. The van der Waals surface area contributed by atoms with Gasteiger partial charge in [0.05, 0.1) is 10.6 Å². The molecule has 0 spiro atoms. The van der Waals surface area contributed by atoms with Gasteiger partial charge in [0.1, 0.15) is 18.4 Å². The zero-order valence-corrected chi connectivity index (χ0v) is 24.6. The number of carbonyl (C=O) groups excluding carboxylic acids is 2. The Morgan fingerprint density at radius 1 is 0.833 bits per heavy atom. The predicted octanol–water partition coefficient (Wildman–Crippen LogP) is 5.02. The molecule has 4 aromatic rings. The highest BCUT2D eigenvalue weighted by Gasteiger charge is 2.34. The first-order valence-electron chi connectivity index (χ1n) is 13.5. The molecule has 7 nitrogen and oxygen atoms in total. The molecule has 2 amide bonds. The zero-order chi connectivity index (χ0) is 30.3. The molecule has 0 aliphatic rings. The topological polar surface area (TPSA) is 86.8 Å². The third kappa shape index (κ3) is 7.22. The van der Waals surface area contributed by atoms with Crippen LogP contribution in [0.25, 0.3) is 0 Å². The molecule has 1 N–H and O–H groups in total. The molecule has 0 saturated carbocycles. The van der Waals surface area contributed by atoms with Gasteiger partial charge in [-0.3, -0.25) is 13.9 Å². The van der Waals surface area contributed by atoms with Crippen molar-refractivity contribution < 1.29 is 22.4 Å². The molecule has 0 aliphatic heterocycles. The molecular weight excluding hydrogens is 553 g/mol. The summed E-state index contributed by atoms with van der Waals surface area (Å²) in [5.41, 5.74) is 3.59. The van der Waals surface area contributed by atoms with Crippen molar-refractivity contribution in [3.05, 3.63) is 131 Å². The number of sulfonamides is 1. The van der Waals surface area contributed by atoms with E-state index in [1.165, 1.54) is 36.2 Å². The Labute approximate surface area is 246 Å². The second-order valence-electron chi connectivity index (χ2n) is 10.1. The first kappa shape index (κ1) is 30.5. The van der Waals surface area contributed by atoms with Crippen LogP contribution in [0.2, 0.25) is 0 Å². The largest absolute Gasteiger partial charge is 0.357 e. The highest BCUT2D eigenvalue weighted by molar-refractivity contribution is 7.92. The molecular formula is C33H34FN3O4S. The summed E-state index contributed by atoms with van der Waals surface area (Å²) in [5, 5.41) is 2.67. The fourth-order valence-corrected chi connectivity index (χ4v) is 6.08. The van der Waals surface area contributed by atoms with E-state index in [2.05, 4.69) is 5.32 Å². The summed E-state index contributed by atoms with van der Waals surface area (Å²) in [6.45, 7) is 3.23. The molecule has 218 valence electrons. The van der Waals surface area contributed by atoms with Gasteiger partial charge in [-0.1, -0.05) is 72.3 Å². The van der Waals surface area contributed by atoms with Crippen LogP contribution in [-0.2, 0) is 32.6 Å². The van der Waals surface area contributed by atoms with E-state index in [1.807, 2.05) is 68.4 Å². The van der Waals surface area contributed by atoms with Crippen molar-refractivity contribution in [3.63, 3.8) is 0 Å². The highest BCUT2D eigenvalue weighted by atomic mass is 32.2. The molecule has 0 aromatic heterocycles. The van der Waals surface area contributed by atoms with E-state index >= 15 is 0 Å². The standard InChI is InChI=1S/C33H34FN3O4S/c1-24-13-19-30(20-14-24)42(40,41)37(29-17-15-28(34)16-18-29)23-32(38)36(22-27-12-8-7-9-25(27)2)31(33(39)35-3)21-26-10-5-4-6-11-26/h4-20,31H,21-23H2,1-3H3,(H,35,39)/t31-/m1/s1. The van der Waals surface area contributed by atoms with Crippen LogP contribution in [0.5, 0.6) is 0 Å². The Hall–Kier alpha value is -4.50. The smallest absolute Gasteiger partial charge is 0.264 e. The summed E-state index contributed by atoms with van der Waals surface area (Å²) < 4.78 is 42.7. The molecule has 4 aromatic carbocycles. The van der Waals surface area contributed by atoms with E-state index in [-0.39, 0.29) is 29.5 Å². The lowest BCUT2D eigenvalue weighted by Gasteiger charge is -2.34. The van der Waals surface area contributed by atoms with Gasteiger partial charge in [0, 0.05) is 20.0 Å². The Morgan fingerprint density at radius 3 is 2.07 bits per heavy atom. The molecule has 0 bridgehead atoms. The Bertz CT molecular complexity index is 1630. The van der Waals surface area contributed by atoms with E-state index in [1.54, 1.807) is 12.1 Å². The van der Waals surface area contributed by atoms with Crippen molar-refractivity contribution in [2.75, 3.05) is 17.9 Å². The van der Waals surface area contributed by atoms with E-state index < -0.39 is 34.3 Å². The third-order valence-electron chi connectivity index (χ3n) is 7.12. The molecule has 9 heteroatoms. The number of likely N-dealkylation sites (N-methyl/N-ethyl adjacent to an activating group) is 1. The average molecular weight is 588 g/mol. The predicted molar refractivity (Wildman–Crippen MR) is 162 cm³/mol. The number of carbonyl (C=O) groups is 2. The molecule has 0 heterocycles. The summed E-state index contributed by atoms with van der Waals surface area (Å²) in [5.74, 6) is -1.50. The fourth-order valence-electron chi connectivity index (χ4n) is 4.67. The van der Waals surface area contributed by atoms with Gasteiger partial charge >= 0.3 is 0 Å². The van der Waals surface area contributed by atoms with E-state index in [4.69, 9.17) is 0 Å². The van der Waals surface area contributed by atoms with Gasteiger partial charge in [-0.2, -0.15) is 0 Å². The minimum atomic E-state index is -4.24. The normalized spacial score (nSPS) is 11.9. The summed E-state index contributed by atoms with van der Waals surface area (Å²) in [6.07, 6.45) is 0.222. The van der Waals surface area contributed by atoms with E-state index in [0.717, 1.165) is 38.7 Å². The lowest BCUT2D eigenvalue weighted by atomic mass is 10.0. The second kappa shape index (κ2) is 13.4. The maximum Gasteiger partial charge on any atom is 0.264 e. The van der Waals surface area contributed by atoms with Crippen LogP contribution in [0.3, 0.4) is 0 Å². The zero-order valence-electron chi connectivity index (χ0n) is 23.8. The number of aryl methyl sites for hydroxylation is 2. The molecule has 0 unspecified atom stereocenters. The summed E-state index contributed by atoms with van der Waals surface area (Å²) in [4.78, 5) is 29.0. The molecule has 0 saturated heterocycles. The van der Waals surface area contributed by atoms with Crippen LogP contribution >= 0.6 is 0 Å². The van der Waals surface area contributed by atoms with Crippen LogP contribution in [0.4, 0.5) is 10.1 Å². The Kier molecular flexibility index (Phi) is 9.75. The van der Waals surface area contributed by atoms with Gasteiger partial charge in [0.2, 0.25) is 11.8 Å². The first-order valence-corrected chi connectivity index (χ1v) is 15.0.